The van der Waals surface area contributed by atoms with Crippen molar-refractivity contribution in [2.45, 2.75) is 12.5 Å². The van der Waals surface area contributed by atoms with Gasteiger partial charge in [-0.15, -0.1) is 0 Å². The first kappa shape index (κ1) is 10.4. The van der Waals surface area contributed by atoms with Crippen LogP contribution in [0, 0.1) is 5.82 Å². The Labute approximate surface area is 80.6 Å². The van der Waals surface area contributed by atoms with Crippen LogP contribution < -0.4 is 0 Å². The van der Waals surface area contributed by atoms with Gasteiger partial charge in [0, 0.05) is 23.6 Å². The van der Waals surface area contributed by atoms with Gasteiger partial charge in [-0.2, -0.15) is 0 Å². The van der Waals surface area contributed by atoms with Crippen LogP contribution in [0.15, 0.2) is 18.2 Å². The first-order valence-corrected chi connectivity index (χ1v) is 4.27. The summed E-state index contributed by atoms with van der Waals surface area (Å²) in [4.78, 5) is 0. The molecule has 0 saturated carbocycles. The van der Waals surface area contributed by atoms with Gasteiger partial charge in [0.1, 0.15) is 5.82 Å². The standard InChI is InChI=1S/C9H10ClFO2/c10-6-1-2-7(8(11)5-6)9(13)3-4-12/h1-2,5,9,12-13H,3-4H2/t9-/m1/s1. The number of hydrogen-bond acceptors (Lipinski definition) is 2. The highest BCUT2D eigenvalue weighted by Crippen LogP contribution is 2.22. The van der Waals surface area contributed by atoms with Crippen LogP contribution in [0.1, 0.15) is 18.1 Å². The van der Waals surface area contributed by atoms with Gasteiger partial charge in [-0.25, -0.2) is 4.39 Å². The zero-order valence-electron chi connectivity index (χ0n) is 6.87. The van der Waals surface area contributed by atoms with Gasteiger partial charge < -0.3 is 10.2 Å². The second-order valence-electron chi connectivity index (χ2n) is 2.69. The molecule has 0 aliphatic rings. The molecule has 1 atom stereocenters. The van der Waals surface area contributed by atoms with Crippen molar-refractivity contribution in [3.63, 3.8) is 0 Å². The summed E-state index contributed by atoms with van der Waals surface area (Å²) in [6.45, 7) is -0.177. The monoisotopic (exact) mass is 204 g/mol. The number of hydrogen-bond donors (Lipinski definition) is 2. The molecule has 0 amide bonds. The van der Waals surface area contributed by atoms with E-state index in [0.717, 1.165) is 6.07 Å². The molecule has 2 nitrogen and oxygen atoms in total. The van der Waals surface area contributed by atoms with E-state index in [2.05, 4.69) is 0 Å². The van der Waals surface area contributed by atoms with E-state index < -0.39 is 11.9 Å². The molecule has 0 radical (unpaired) electrons. The maximum atomic E-state index is 13.1. The molecule has 0 aliphatic heterocycles. The molecular formula is C9H10ClFO2. The van der Waals surface area contributed by atoms with Crippen molar-refractivity contribution in [3.05, 3.63) is 34.6 Å². The van der Waals surface area contributed by atoms with E-state index in [1.54, 1.807) is 0 Å². The maximum absolute atomic E-state index is 13.1. The largest absolute Gasteiger partial charge is 0.396 e. The minimum absolute atomic E-state index is 0.124. The number of aliphatic hydroxyl groups is 2. The molecular weight excluding hydrogens is 195 g/mol. The average molecular weight is 205 g/mol. The topological polar surface area (TPSA) is 40.5 Å². The molecule has 13 heavy (non-hydrogen) atoms. The lowest BCUT2D eigenvalue weighted by molar-refractivity contribution is 0.131. The predicted molar refractivity (Wildman–Crippen MR) is 48.1 cm³/mol. The third-order valence-corrected chi connectivity index (χ3v) is 1.96. The first-order valence-electron chi connectivity index (χ1n) is 3.89. The van der Waals surface area contributed by atoms with E-state index in [0.29, 0.717) is 0 Å². The van der Waals surface area contributed by atoms with Crippen LogP contribution in [0.3, 0.4) is 0 Å². The molecule has 72 valence electrons. The molecule has 0 unspecified atom stereocenters. The van der Waals surface area contributed by atoms with Gasteiger partial charge in [0.05, 0.1) is 6.10 Å². The summed E-state index contributed by atoms with van der Waals surface area (Å²) in [5.41, 5.74) is 0.165. The van der Waals surface area contributed by atoms with Gasteiger partial charge >= 0.3 is 0 Å². The Hall–Kier alpha value is -0.640. The molecule has 0 spiro atoms. The molecule has 0 bridgehead atoms. The van der Waals surface area contributed by atoms with Crippen molar-refractivity contribution in [2.75, 3.05) is 6.61 Å². The fourth-order valence-corrected chi connectivity index (χ4v) is 1.21. The molecule has 0 fully saturated rings. The van der Waals surface area contributed by atoms with E-state index in [9.17, 15) is 9.50 Å². The van der Waals surface area contributed by atoms with Gasteiger partial charge in [-0.1, -0.05) is 17.7 Å². The lowest BCUT2D eigenvalue weighted by atomic mass is 10.1. The molecule has 1 aromatic rings. The fourth-order valence-electron chi connectivity index (χ4n) is 1.05. The average Bonchev–Trinajstić information content (AvgIpc) is 2.04. The van der Waals surface area contributed by atoms with Crippen LogP contribution in [0.25, 0.3) is 0 Å². The highest BCUT2D eigenvalue weighted by Gasteiger charge is 2.11. The second kappa shape index (κ2) is 4.56. The summed E-state index contributed by atoms with van der Waals surface area (Å²) in [6.07, 6.45) is -0.847. The van der Waals surface area contributed by atoms with Crippen LogP contribution in [0.2, 0.25) is 5.02 Å². The molecule has 0 aliphatic carbocycles. The van der Waals surface area contributed by atoms with Gasteiger partial charge in [0.2, 0.25) is 0 Å². The summed E-state index contributed by atoms with van der Waals surface area (Å²) in [6, 6.07) is 4.05. The minimum Gasteiger partial charge on any atom is -0.396 e. The third-order valence-electron chi connectivity index (χ3n) is 1.72. The zero-order chi connectivity index (χ0) is 9.84. The Bertz CT molecular complexity index is 291. The fraction of sp³-hybridized carbons (Fsp3) is 0.333. The van der Waals surface area contributed by atoms with Crippen molar-refractivity contribution >= 4 is 11.6 Å². The molecule has 4 heteroatoms. The Morgan fingerprint density at radius 1 is 1.46 bits per heavy atom. The summed E-state index contributed by atoms with van der Waals surface area (Å²) in [7, 11) is 0. The normalized spacial score (nSPS) is 12.9. The van der Waals surface area contributed by atoms with E-state index in [-0.39, 0.29) is 23.6 Å². The number of halogens is 2. The van der Waals surface area contributed by atoms with Gasteiger partial charge in [-0.3, -0.25) is 0 Å². The molecule has 1 aromatic carbocycles. The molecule has 0 saturated heterocycles. The highest BCUT2D eigenvalue weighted by atomic mass is 35.5. The van der Waals surface area contributed by atoms with Crippen LogP contribution in [-0.4, -0.2) is 16.8 Å². The van der Waals surface area contributed by atoms with Crippen LogP contribution in [-0.2, 0) is 0 Å². The van der Waals surface area contributed by atoms with Gasteiger partial charge in [-0.05, 0) is 12.1 Å². The second-order valence-corrected chi connectivity index (χ2v) is 3.13. The summed E-state index contributed by atoms with van der Waals surface area (Å²) in [5, 5.41) is 18.2. The van der Waals surface area contributed by atoms with Crippen molar-refractivity contribution in [1.82, 2.24) is 0 Å². The first-order chi connectivity index (χ1) is 6.15. The van der Waals surface area contributed by atoms with Crippen molar-refractivity contribution in [2.24, 2.45) is 0 Å². The Morgan fingerprint density at radius 2 is 2.15 bits per heavy atom. The minimum atomic E-state index is -0.970. The molecule has 1 rings (SSSR count). The highest BCUT2D eigenvalue weighted by molar-refractivity contribution is 6.30. The quantitative estimate of drug-likeness (QED) is 0.790. The smallest absolute Gasteiger partial charge is 0.130 e. The van der Waals surface area contributed by atoms with Crippen molar-refractivity contribution in [3.8, 4) is 0 Å². The molecule has 0 aromatic heterocycles. The lowest BCUT2D eigenvalue weighted by Crippen LogP contribution is -2.02. The van der Waals surface area contributed by atoms with Crippen LogP contribution >= 0.6 is 11.6 Å². The Balaban J connectivity index is 2.88. The lowest BCUT2D eigenvalue weighted by Gasteiger charge is -2.09. The van der Waals surface area contributed by atoms with Crippen molar-refractivity contribution in [1.29, 1.82) is 0 Å². The van der Waals surface area contributed by atoms with E-state index in [4.69, 9.17) is 16.7 Å². The SMILES string of the molecule is OCC[C@@H](O)c1ccc(Cl)cc1F. The van der Waals surface area contributed by atoms with Crippen LogP contribution in [0.4, 0.5) is 4.39 Å². The van der Waals surface area contributed by atoms with Crippen molar-refractivity contribution < 1.29 is 14.6 Å². The van der Waals surface area contributed by atoms with E-state index in [1.807, 2.05) is 0 Å². The molecule has 2 N–H and O–H groups in total. The number of aliphatic hydroxyl groups excluding tert-OH is 2. The van der Waals surface area contributed by atoms with E-state index >= 15 is 0 Å². The summed E-state index contributed by atoms with van der Waals surface area (Å²) >= 11 is 5.53. The molecule has 0 heterocycles. The Kier molecular flexibility index (Phi) is 3.66. The summed E-state index contributed by atoms with van der Waals surface area (Å²) in [5.74, 6) is -0.548. The zero-order valence-corrected chi connectivity index (χ0v) is 7.63. The number of benzene rings is 1. The number of rotatable bonds is 3. The van der Waals surface area contributed by atoms with Gasteiger partial charge in [0.25, 0.3) is 0 Å². The van der Waals surface area contributed by atoms with Gasteiger partial charge in [0.15, 0.2) is 0 Å². The Morgan fingerprint density at radius 3 is 2.69 bits per heavy atom. The summed E-state index contributed by atoms with van der Waals surface area (Å²) < 4.78 is 13.1. The van der Waals surface area contributed by atoms with Crippen LogP contribution in [0.5, 0.6) is 0 Å². The predicted octanol–water partition coefficient (Wildman–Crippen LogP) is 1.89. The maximum Gasteiger partial charge on any atom is 0.130 e. The van der Waals surface area contributed by atoms with E-state index in [1.165, 1.54) is 12.1 Å². The third kappa shape index (κ3) is 2.66.